The van der Waals surface area contributed by atoms with Gasteiger partial charge in [-0.05, 0) is 66.8 Å². The number of carbonyl (C=O) groups excluding carboxylic acids is 1. The first kappa shape index (κ1) is 27.2. The number of fused-ring (bicyclic) bond motifs is 1. The minimum absolute atomic E-state index is 0.118. The molecule has 1 aromatic heterocycles. The number of carboxylic acid groups (broad SMARTS) is 1. The van der Waals surface area contributed by atoms with E-state index in [9.17, 15) is 20.0 Å². The van der Waals surface area contributed by atoms with Crippen LogP contribution in [0.2, 0.25) is 0 Å². The normalized spacial score (nSPS) is 16.2. The van der Waals surface area contributed by atoms with Crippen molar-refractivity contribution in [1.29, 1.82) is 5.26 Å². The van der Waals surface area contributed by atoms with Gasteiger partial charge in [-0.15, -0.1) is 0 Å². The molecule has 4 aromatic rings. The van der Waals surface area contributed by atoms with E-state index in [1.807, 2.05) is 46.2 Å². The Morgan fingerprint density at radius 2 is 1.88 bits per heavy atom. The van der Waals surface area contributed by atoms with Gasteiger partial charge in [-0.25, -0.2) is 0 Å². The Bertz CT molecular complexity index is 1680. The molecule has 2 aliphatic heterocycles. The first-order valence-corrected chi connectivity index (χ1v) is 14.1. The molecule has 1 fully saturated rings. The maximum atomic E-state index is 13.9. The zero-order valence-electron chi connectivity index (χ0n) is 23.1. The van der Waals surface area contributed by atoms with E-state index in [1.165, 1.54) is 6.20 Å². The molecule has 3 aromatic carbocycles. The van der Waals surface area contributed by atoms with E-state index in [1.54, 1.807) is 24.4 Å². The number of amides is 1. The fraction of sp³-hybridized carbons (Fsp3) is 0.235. The van der Waals surface area contributed by atoms with Crippen molar-refractivity contribution in [2.24, 2.45) is 0 Å². The summed E-state index contributed by atoms with van der Waals surface area (Å²) in [6.07, 6.45) is 5.32. The smallest absolute Gasteiger partial charge is 0.320 e. The van der Waals surface area contributed by atoms with Crippen LogP contribution in [0.4, 0.5) is 5.69 Å². The van der Waals surface area contributed by atoms with Gasteiger partial charge < -0.3 is 14.7 Å². The molecule has 0 aliphatic carbocycles. The zero-order valence-corrected chi connectivity index (χ0v) is 23.1. The van der Waals surface area contributed by atoms with Gasteiger partial charge in [-0.2, -0.15) is 5.26 Å². The lowest BCUT2D eigenvalue weighted by Crippen LogP contribution is -2.35. The van der Waals surface area contributed by atoms with Crippen LogP contribution in [0.3, 0.4) is 0 Å². The number of aromatic nitrogens is 1. The summed E-state index contributed by atoms with van der Waals surface area (Å²) in [5, 5.41) is 18.9. The van der Waals surface area contributed by atoms with Crippen LogP contribution in [0.5, 0.6) is 5.75 Å². The highest BCUT2D eigenvalue weighted by Crippen LogP contribution is 2.37. The number of hydrogen-bond donors (Lipinski definition) is 1. The number of likely N-dealkylation sites (tertiary alicyclic amines) is 1. The van der Waals surface area contributed by atoms with Crippen LogP contribution < -0.4 is 9.64 Å². The molecule has 0 saturated carbocycles. The van der Waals surface area contributed by atoms with E-state index in [0.717, 1.165) is 46.3 Å². The van der Waals surface area contributed by atoms with Gasteiger partial charge in [0.15, 0.2) is 0 Å². The third kappa shape index (κ3) is 5.47. The van der Waals surface area contributed by atoms with Crippen molar-refractivity contribution < 1.29 is 19.4 Å². The zero-order chi connectivity index (χ0) is 29.1. The van der Waals surface area contributed by atoms with Crippen LogP contribution in [-0.2, 0) is 24.4 Å². The van der Waals surface area contributed by atoms with Gasteiger partial charge in [0, 0.05) is 47.9 Å². The van der Waals surface area contributed by atoms with Gasteiger partial charge in [0.25, 0.3) is 5.91 Å². The quantitative estimate of drug-likeness (QED) is 0.306. The summed E-state index contributed by atoms with van der Waals surface area (Å²) in [5.41, 5.74) is 6.78. The van der Waals surface area contributed by atoms with Crippen molar-refractivity contribution >= 4 is 17.6 Å². The van der Waals surface area contributed by atoms with Gasteiger partial charge in [0.2, 0.25) is 0 Å². The molecule has 6 rings (SSSR count). The van der Waals surface area contributed by atoms with E-state index in [-0.39, 0.29) is 12.5 Å². The molecule has 3 heterocycles. The maximum absolute atomic E-state index is 13.9. The van der Waals surface area contributed by atoms with E-state index in [2.05, 4.69) is 29.3 Å². The van der Waals surface area contributed by atoms with Crippen molar-refractivity contribution in [3.8, 4) is 22.9 Å². The Kier molecular flexibility index (Phi) is 7.67. The number of carboxylic acids is 1. The van der Waals surface area contributed by atoms with Gasteiger partial charge in [0.1, 0.15) is 24.5 Å². The first-order chi connectivity index (χ1) is 20.5. The average molecular weight is 559 g/mol. The largest absolute Gasteiger partial charge is 0.488 e. The van der Waals surface area contributed by atoms with E-state index in [0.29, 0.717) is 42.9 Å². The fourth-order valence-electron chi connectivity index (χ4n) is 5.94. The summed E-state index contributed by atoms with van der Waals surface area (Å²) < 4.78 is 6.23. The number of benzene rings is 3. The topological polar surface area (TPSA) is 107 Å². The molecule has 0 bridgehead atoms. The summed E-state index contributed by atoms with van der Waals surface area (Å²) in [7, 11) is 0. The van der Waals surface area contributed by atoms with Crippen LogP contribution in [0.1, 0.15) is 45.5 Å². The Balaban J connectivity index is 1.30. The predicted octanol–water partition coefficient (Wildman–Crippen LogP) is 5.45. The monoisotopic (exact) mass is 558 g/mol. The van der Waals surface area contributed by atoms with Crippen molar-refractivity contribution in [2.45, 2.75) is 38.5 Å². The molecule has 42 heavy (non-hydrogen) atoms. The number of nitriles is 1. The molecule has 210 valence electrons. The fourth-order valence-corrected chi connectivity index (χ4v) is 5.94. The van der Waals surface area contributed by atoms with Crippen molar-refractivity contribution in [3.05, 3.63) is 113 Å². The molecule has 0 radical (unpaired) electrons. The van der Waals surface area contributed by atoms with Crippen LogP contribution in [-0.4, -0.2) is 46.0 Å². The lowest BCUT2D eigenvalue weighted by Gasteiger charge is -2.23. The number of aliphatic carboxylic acids is 1. The van der Waals surface area contributed by atoms with E-state index < -0.39 is 12.0 Å². The highest BCUT2D eigenvalue weighted by Gasteiger charge is 2.32. The Morgan fingerprint density at radius 1 is 1.02 bits per heavy atom. The predicted molar refractivity (Wildman–Crippen MR) is 158 cm³/mol. The lowest BCUT2D eigenvalue weighted by atomic mass is 9.98. The molecule has 1 atom stereocenters. The Labute approximate surface area is 244 Å². The summed E-state index contributed by atoms with van der Waals surface area (Å²) >= 11 is 0. The highest BCUT2D eigenvalue weighted by molar-refractivity contribution is 6.08. The van der Waals surface area contributed by atoms with Crippen LogP contribution in [0.25, 0.3) is 11.1 Å². The summed E-state index contributed by atoms with van der Waals surface area (Å²) in [6, 6.07) is 24.9. The van der Waals surface area contributed by atoms with E-state index >= 15 is 0 Å². The third-order valence-electron chi connectivity index (χ3n) is 8.01. The second-order valence-electron chi connectivity index (χ2n) is 10.6. The minimum Gasteiger partial charge on any atom is -0.488 e. The van der Waals surface area contributed by atoms with E-state index in [4.69, 9.17) is 4.74 Å². The minimum atomic E-state index is -0.830. The molecular formula is C34H30N4O4. The Hall–Kier alpha value is -5.00. The number of hydrogen-bond acceptors (Lipinski definition) is 6. The van der Waals surface area contributed by atoms with Gasteiger partial charge in [-0.1, -0.05) is 48.5 Å². The first-order valence-electron chi connectivity index (χ1n) is 14.1. The molecule has 1 saturated heterocycles. The molecule has 0 unspecified atom stereocenters. The molecule has 2 aliphatic rings. The number of nitrogens with zero attached hydrogens (tertiary/aromatic N) is 4. The SMILES string of the molecule is N#Cc1cncc(COc2cc(C(=O)N3CCc4c(-c5ccccc5)cccc43)ccc2CN2CCC[C@H]2C(=O)O)c1. The van der Waals surface area contributed by atoms with Crippen molar-refractivity contribution in [1.82, 2.24) is 9.88 Å². The number of rotatable bonds is 8. The molecule has 1 N–H and O–H groups in total. The maximum Gasteiger partial charge on any atom is 0.320 e. The second kappa shape index (κ2) is 11.9. The van der Waals surface area contributed by atoms with Gasteiger partial charge in [0.05, 0.1) is 5.56 Å². The molecule has 0 spiro atoms. The summed E-state index contributed by atoms with van der Waals surface area (Å²) in [4.78, 5) is 33.6. The van der Waals surface area contributed by atoms with Crippen LogP contribution in [0, 0.1) is 11.3 Å². The van der Waals surface area contributed by atoms with Crippen LogP contribution >= 0.6 is 0 Å². The lowest BCUT2D eigenvalue weighted by molar-refractivity contribution is -0.142. The number of carbonyl (C=O) groups is 2. The van der Waals surface area contributed by atoms with Crippen molar-refractivity contribution in [2.75, 3.05) is 18.0 Å². The summed E-state index contributed by atoms with van der Waals surface area (Å²) in [6.45, 7) is 1.81. The standard InChI is InChI=1S/C34H30N4O4/c35-18-23-16-24(20-36-19-23)22-42-32-17-26(11-12-27(32)21-37-14-5-10-31(37)34(40)41)33(39)38-15-13-29-28(8-4-9-30(29)38)25-6-2-1-3-7-25/h1-4,6-9,11-12,16-17,19-20,31H,5,10,13-15,21-22H2,(H,40,41)/t31-/m0/s1. The van der Waals surface area contributed by atoms with Gasteiger partial charge >= 0.3 is 5.97 Å². The van der Waals surface area contributed by atoms with Gasteiger partial charge in [-0.3, -0.25) is 19.5 Å². The third-order valence-corrected chi connectivity index (χ3v) is 8.01. The highest BCUT2D eigenvalue weighted by atomic mass is 16.5. The Morgan fingerprint density at radius 3 is 2.69 bits per heavy atom. The summed E-state index contributed by atoms with van der Waals surface area (Å²) in [5.74, 6) is -0.437. The molecule has 8 heteroatoms. The van der Waals surface area contributed by atoms with Crippen LogP contribution in [0.15, 0.2) is 85.2 Å². The number of ether oxygens (including phenoxy) is 1. The molecular weight excluding hydrogens is 528 g/mol. The number of pyridine rings is 1. The van der Waals surface area contributed by atoms with Crippen molar-refractivity contribution in [3.63, 3.8) is 0 Å². The molecule has 8 nitrogen and oxygen atoms in total. The average Bonchev–Trinajstić information content (AvgIpc) is 3.68. The second-order valence-corrected chi connectivity index (χ2v) is 10.6. The molecule has 1 amide bonds. The number of anilines is 1.